The molecule has 0 unspecified atom stereocenters. The summed E-state index contributed by atoms with van der Waals surface area (Å²) in [5, 5.41) is 9.13. The molecule has 0 amide bonds. The van der Waals surface area contributed by atoms with Gasteiger partial charge in [-0.05, 0) is 51.9 Å². The summed E-state index contributed by atoms with van der Waals surface area (Å²) >= 11 is 0. The van der Waals surface area contributed by atoms with Gasteiger partial charge in [-0.1, -0.05) is 48.5 Å². The highest BCUT2D eigenvalue weighted by molar-refractivity contribution is 6.09. The molecule has 1 aliphatic heterocycles. The maximum atomic E-state index is 3.51. The summed E-state index contributed by atoms with van der Waals surface area (Å²) in [6.45, 7) is 4.58. The lowest BCUT2D eigenvalue weighted by Gasteiger charge is -2.36. The van der Waals surface area contributed by atoms with Crippen LogP contribution >= 0.6 is 24.8 Å². The first-order valence-corrected chi connectivity index (χ1v) is 9.27. The third kappa shape index (κ3) is 3.44. The standard InChI is InChI=1S/C22H24N2.2ClH/c1-2-6-18-17(5-1)15-21(20-8-4-3-7-19(18)20)22(16-9-10-16)24-13-11-23-12-14-24;;/h1-8,15-16,22-23H,9-14H2;2*1H/t22-;;/m0../s1. The van der Waals surface area contributed by atoms with Crippen LogP contribution in [0.5, 0.6) is 0 Å². The Bertz CT molecular complexity index is 886. The molecule has 3 aromatic rings. The maximum Gasteiger partial charge on any atom is 0.0383 e. The largest absolute Gasteiger partial charge is 0.314 e. The lowest BCUT2D eigenvalue weighted by Crippen LogP contribution is -2.45. The molecular formula is C22H26Cl2N2. The summed E-state index contributed by atoms with van der Waals surface area (Å²) in [4.78, 5) is 2.73. The minimum atomic E-state index is 0. The molecule has 1 N–H and O–H groups in total. The summed E-state index contributed by atoms with van der Waals surface area (Å²) < 4.78 is 0. The molecule has 0 bridgehead atoms. The van der Waals surface area contributed by atoms with Crippen LogP contribution in [0.4, 0.5) is 0 Å². The van der Waals surface area contributed by atoms with Gasteiger partial charge in [0.05, 0.1) is 0 Å². The Hall–Kier alpha value is -1.32. The van der Waals surface area contributed by atoms with Crippen molar-refractivity contribution in [3.05, 3.63) is 60.2 Å². The zero-order valence-corrected chi connectivity index (χ0v) is 16.5. The van der Waals surface area contributed by atoms with Crippen molar-refractivity contribution in [1.82, 2.24) is 10.2 Å². The van der Waals surface area contributed by atoms with Gasteiger partial charge in [-0.25, -0.2) is 0 Å². The summed E-state index contributed by atoms with van der Waals surface area (Å²) in [6.07, 6.45) is 2.77. The third-order valence-corrected chi connectivity index (χ3v) is 5.73. The fourth-order valence-electron chi connectivity index (χ4n) is 4.45. The van der Waals surface area contributed by atoms with Crippen LogP contribution in [-0.4, -0.2) is 31.1 Å². The Morgan fingerprint density at radius 3 is 2.12 bits per heavy atom. The Balaban J connectivity index is 0.000000980. The van der Waals surface area contributed by atoms with Crippen molar-refractivity contribution in [2.24, 2.45) is 5.92 Å². The minimum absolute atomic E-state index is 0. The lowest BCUT2D eigenvalue weighted by molar-refractivity contribution is 0.157. The Labute approximate surface area is 167 Å². The Morgan fingerprint density at radius 2 is 1.42 bits per heavy atom. The van der Waals surface area contributed by atoms with Crippen molar-refractivity contribution in [2.75, 3.05) is 26.2 Å². The summed E-state index contributed by atoms with van der Waals surface area (Å²) in [6, 6.07) is 20.9. The molecule has 1 saturated carbocycles. The van der Waals surface area contributed by atoms with Gasteiger partial charge in [0.15, 0.2) is 0 Å². The number of nitrogens with one attached hydrogen (secondary N) is 1. The van der Waals surface area contributed by atoms with E-state index in [-0.39, 0.29) is 24.8 Å². The van der Waals surface area contributed by atoms with E-state index < -0.39 is 0 Å². The van der Waals surface area contributed by atoms with Crippen LogP contribution < -0.4 is 5.32 Å². The number of hydrogen-bond donors (Lipinski definition) is 1. The maximum absolute atomic E-state index is 3.51. The number of piperazine rings is 1. The van der Waals surface area contributed by atoms with Gasteiger partial charge in [0.1, 0.15) is 0 Å². The van der Waals surface area contributed by atoms with Gasteiger partial charge in [0, 0.05) is 32.2 Å². The molecule has 0 radical (unpaired) electrons. The second-order valence-corrected chi connectivity index (χ2v) is 7.30. The van der Waals surface area contributed by atoms with Crippen molar-refractivity contribution < 1.29 is 0 Å². The van der Waals surface area contributed by atoms with Gasteiger partial charge < -0.3 is 5.32 Å². The second kappa shape index (κ2) is 8.14. The zero-order chi connectivity index (χ0) is 15.9. The Kier molecular flexibility index (Phi) is 6.09. The predicted octanol–water partition coefficient (Wildman–Crippen LogP) is 5.19. The smallest absolute Gasteiger partial charge is 0.0383 e. The second-order valence-electron chi connectivity index (χ2n) is 7.30. The van der Waals surface area contributed by atoms with Crippen molar-refractivity contribution in [3.63, 3.8) is 0 Å². The van der Waals surface area contributed by atoms with Crippen molar-refractivity contribution in [1.29, 1.82) is 0 Å². The summed E-state index contributed by atoms with van der Waals surface area (Å²) in [7, 11) is 0. The quantitative estimate of drug-likeness (QED) is 0.620. The molecule has 2 aliphatic rings. The first-order chi connectivity index (χ1) is 11.9. The molecule has 4 heteroatoms. The number of fused-ring (bicyclic) bond motifs is 3. The van der Waals surface area contributed by atoms with Gasteiger partial charge in [0.25, 0.3) is 0 Å². The van der Waals surface area contributed by atoms with Gasteiger partial charge in [-0.2, -0.15) is 0 Å². The Morgan fingerprint density at radius 1 is 0.808 bits per heavy atom. The zero-order valence-electron chi connectivity index (χ0n) is 14.9. The van der Waals surface area contributed by atoms with E-state index in [4.69, 9.17) is 0 Å². The van der Waals surface area contributed by atoms with Crippen LogP contribution in [0, 0.1) is 5.92 Å². The molecule has 2 nitrogen and oxygen atoms in total. The normalized spacial score (nSPS) is 18.9. The molecule has 138 valence electrons. The highest BCUT2D eigenvalue weighted by atomic mass is 35.5. The molecule has 0 aromatic heterocycles. The molecule has 2 fully saturated rings. The van der Waals surface area contributed by atoms with E-state index in [0.29, 0.717) is 6.04 Å². The molecule has 1 saturated heterocycles. The number of benzene rings is 3. The number of hydrogen-bond acceptors (Lipinski definition) is 2. The van der Waals surface area contributed by atoms with E-state index in [1.807, 2.05) is 0 Å². The van der Waals surface area contributed by atoms with E-state index in [2.05, 4.69) is 64.8 Å². The highest BCUT2D eigenvalue weighted by Crippen LogP contribution is 2.47. The van der Waals surface area contributed by atoms with Crippen molar-refractivity contribution in [3.8, 4) is 0 Å². The van der Waals surface area contributed by atoms with Crippen LogP contribution in [0.3, 0.4) is 0 Å². The van der Waals surface area contributed by atoms with E-state index >= 15 is 0 Å². The van der Waals surface area contributed by atoms with Gasteiger partial charge in [0.2, 0.25) is 0 Å². The molecule has 1 aliphatic carbocycles. The molecule has 26 heavy (non-hydrogen) atoms. The fraction of sp³-hybridized carbons (Fsp3) is 0.364. The van der Waals surface area contributed by atoms with Crippen LogP contribution in [0.1, 0.15) is 24.4 Å². The topological polar surface area (TPSA) is 15.3 Å². The fourth-order valence-corrected chi connectivity index (χ4v) is 4.45. The van der Waals surface area contributed by atoms with E-state index in [1.54, 1.807) is 5.56 Å². The SMILES string of the molecule is Cl.Cl.c1ccc2c(c1)cc([C@H](C1CC1)N1CCNCC1)c1ccccc12. The molecule has 5 rings (SSSR count). The average Bonchev–Trinajstić information content (AvgIpc) is 3.48. The van der Waals surface area contributed by atoms with E-state index in [0.717, 1.165) is 19.0 Å². The summed E-state index contributed by atoms with van der Waals surface area (Å²) in [5.74, 6) is 0.840. The van der Waals surface area contributed by atoms with Gasteiger partial charge in [-0.3, -0.25) is 4.90 Å². The average molecular weight is 389 g/mol. The first-order valence-electron chi connectivity index (χ1n) is 9.27. The monoisotopic (exact) mass is 388 g/mol. The lowest BCUT2D eigenvalue weighted by atomic mass is 9.90. The number of rotatable bonds is 3. The minimum Gasteiger partial charge on any atom is -0.314 e. The van der Waals surface area contributed by atoms with Crippen LogP contribution in [0.25, 0.3) is 21.5 Å². The number of halogens is 2. The van der Waals surface area contributed by atoms with E-state index in [9.17, 15) is 0 Å². The van der Waals surface area contributed by atoms with Crippen molar-refractivity contribution in [2.45, 2.75) is 18.9 Å². The third-order valence-electron chi connectivity index (χ3n) is 5.73. The van der Waals surface area contributed by atoms with Crippen LogP contribution in [0.15, 0.2) is 54.6 Å². The highest BCUT2D eigenvalue weighted by Gasteiger charge is 2.37. The molecule has 0 spiro atoms. The molecule has 1 atom stereocenters. The number of nitrogens with zero attached hydrogens (tertiary/aromatic N) is 1. The van der Waals surface area contributed by atoms with Crippen LogP contribution in [0.2, 0.25) is 0 Å². The van der Waals surface area contributed by atoms with Gasteiger partial charge >= 0.3 is 0 Å². The molecular weight excluding hydrogens is 363 g/mol. The van der Waals surface area contributed by atoms with Crippen molar-refractivity contribution >= 4 is 46.4 Å². The van der Waals surface area contributed by atoms with E-state index in [1.165, 1.54) is 47.5 Å². The predicted molar refractivity (Wildman–Crippen MR) is 116 cm³/mol. The summed E-state index contributed by atoms with van der Waals surface area (Å²) in [5.41, 5.74) is 1.55. The first kappa shape index (κ1) is 19.4. The van der Waals surface area contributed by atoms with Crippen LogP contribution in [-0.2, 0) is 0 Å². The molecule has 1 heterocycles. The van der Waals surface area contributed by atoms with Gasteiger partial charge in [-0.15, -0.1) is 24.8 Å². The molecule has 3 aromatic carbocycles.